The van der Waals surface area contributed by atoms with Crippen molar-refractivity contribution in [2.45, 2.75) is 263 Å². The molecular formula is C65H104O12. The summed E-state index contributed by atoms with van der Waals surface area (Å²) in [5.41, 5.74) is 0. The van der Waals surface area contributed by atoms with Gasteiger partial charge >= 0.3 is 23.9 Å². The molecule has 0 aliphatic carbocycles. The molecule has 1 saturated heterocycles. The van der Waals surface area contributed by atoms with Crippen molar-refractivity contribution in [3.63, 3.8) is 0 Å². The Labute approximate surface area is 465 Å². The zero-order valence-electron chi connectivity index (χ0n) is 47.9. The molecule has 12 heteroatoms. The van der Waals surface area contributed by atoms with Gasteiger partial charge in [-0.15, -0.1) is 0 Å². The fraction of sp³-hybridized carbons (Fsp3) is 0.662. The van der Waals surface area contributed by atoms with Gasteiger partial charge in [0.25, 0.3) is 0 Å². The van der Waals surface area contributed by atoms with E-state index in [1.807, 2.05) is 0 Å². The van der Waals surface area contributed by atoms with Gasteiger partial charge in [-0.1, -0.05) is 201 Å². The van der Waals surface area contributed by atoms with Gasteiger partial charge in [-0.25, -0.2) is 4.79 Å². The summed E-state index contributed by atoms with van der Waals surface area (Å²) in [5, 5.41) is 31.5. The largest absolute Gasteiger partial charge is 0.479 e. The second-order valence-electron chi connectivity index (χ2n) is 19.8. The second kappa shape index (κ2) is 52.1. The average Bonchev–Trinajstić information content (AvgIpc) is 3.42. The minimum absolute atomic E-state index is 0.0327. The van der Waals surface area contributed by atoms with E-state index in [1.54, 1.807) is 0 Å². The monoisotopic (exact) mass is 1080 g/mol. The molecule has 1 aliphatic heterocycles. The summed E-state index contributed by atoms with van der Waals surface area (Å²) < 4.78 is 28.4. The van der Waals surface area contributed by atoms with Crippen LogP contribution in [0.3, 0.4) is 0 Å². The number of carbonyl (C=O) groups excluding carboxylic acids is 3. The number of hydrogen-bond acceptors (Lipinski definition) is 11. The van der Waals surface area contributed by atoms with Gasteiger partial charge in [0, 0.05) is 19.3 Å². The van der Waals surface area contributed by atoms with Crippen molar-refractivity contribution < 1.29 is 58.2 Å². The summed E-state index contributed by atoms with van der Waals surface area (Å²) >= 11 is 0. The van der Waals surface area contributed by atoms with Crippen LogP contribution in [0.1, 0.15) is 226 Å². The normalized spacial score (nSPS) is 18.8. The Kier molecular flexibility index (Phi) is 47.6. The maximum Gasteiger partial charge on any atom is 0.335 e. The molecule has 1 rings (SSSR count). The zero-order chi connectivity index (χ0) is 56.1. The van der Waals surface area contributed by atoms with Crippen LogP contribution in [-0.4, -0.2) is 89.2 Å². The molecule has 12 nitrogen and oxygen atoms in total. The van der Waals surface area contributed by atoms with Crippen LogP contribution < -0.4 is 0 Å². The smallest absolute Gasteiger partial charge is 0.335 e. The van der Waals surface area contributed by atoms with Crippen molar-refractivity contribution in [1.29, 1.82) is 0 Å². The molecule has 0 aromatic carbocycles. The predicted octanol–water partition coefficient (Wildman–Crippen LogP) is 15.4. The number of carbonyl (C=O) groups is 4. The van der Waals surface area contributed by atoms with Gasteiger partial charge in [-0.05, 0) is 116 Å². The first-order valence-corrected chi connectivity index (χ1v) is 29.9. The highest BCUT2D eigenvalue weighted by Gasteiger charge is 2.50. The Bertz CT molecular complexity index is 1750. The summed E-state index contributed by atoms with van der Waals surface area (Å²) in [7, 11) is 0. The molecule has 0 bridgehead atoms. The molecule has 6 atom stereocenters. The third-order valence-electron chi connectivity index (χ3n) is 12.8. The van der Waals surface area contributed by atoms with E-state index >= 15 is 0 Å². The fourth-order valence-corrected chi connectivity index (χ4v) is 8.35. The van der Waals surface area contributed by atoms with Gasteiger partial charge in [-0.3, -0.25) is 14.4 Å². The summed E-state index contributed by atoms with van der Waals surface area (Å²) in [4.78, 5) is 51.2. The topological polar surface area (TPSA) is 175 Å². The number of rotatable bonds is 49. The number of esters is 3. The van der Waals surface area contributed by atoms with Gasteiger partial charge in [0.15, 0.2) is 24.6 Å². The number of ether oxygens (including phenoxy) is 5. The molecule has 0 saturated carbocycles. The standard InChI is InChI=1S/C65H104O12/c1-4-7-10-13-16-19-22-25-28-29-32-33-36-39-42-45-48-51-57(66)73-54-56(75-58(67)52-49-46-43-40-37-34-30-26-23-20-17-14-11-8-5-2)55-74-65-63(61(70)60(69)62(77-65)64(71)72)76-59(68)53-50-47-44-41-38-35-31-27-24-21-18-15-12-9-6-3/h7-12,16-21,25-28,30-31,56,60-63,65,69-70H,4-6,13-15,22-24,29,32-55H2,1-3H3,(H,71,72)/b10-7-,11-8-,12-9-,19-16-,20-17-,21-18-,28-25-,30-26-,31-27-. The Hall–Kier alpha value is -4.62. The SMILES string of the molecule is CC/C=C\C/C=C\C/C=C\CCCCCCCCCC(=O)OCC(COC1OC(C(=O)O)C(O)C(O)C1OC(=O)CCCCCCC/C=C\C/C=C\C/C=C\CC)OC(=O)CCCCCCC/C=C\C/C=C\C/C=C\CC. The number of carboxylic acids is 1. The van der Waals surface area contributed by atoms with Crippen LogP contribution >= 0.6 is 0 Å². The van der Waals surface area contributed by atoms with Crippen LogP contribution in [0.5, 0.6) is 0 Å². The molecule has 0 aromatic heterocycles. The van der Waals surface area contributed by atoms with Crippen molar-refractivity contribution in [3.8, 4) is 0 Å². The molecule has 0 aromatic rings. The van der Waals surface area contributed by atoms with Gasteiger partial charge in [0.2, 0.25) is 0 Å². The highest BCUT2D eigenvalue weighted by molar-refractivity contribution is 5.74. The molecule has 0 amide bonds. The highest BCUT2D eigenvalue weighted by atomic mass is 16.7. The molecular weight excluding hydrogens is 973 g/mol. The first-order chi connectivity index (χ1) is 37.6. The molecule has 0 radical (unpaired) electrons. The predicted molar refractivity (Wildman–Crippen MR) is 312 cm³/mol. The van der Waals surface area contributed by atoms with Crippen LogP contribution in [-0.2, 0) is 42.9 Å². The molecule has 1 aliphatic rings. The Morgan fingerprint density at radius 3 is 1.18 bits per heavy atom. The van der Waals surface area contributed by atoms with Crippen molar-refractivity contribution in [1.82, 2.24) is 0 Å². The maximum atomic E-state index is 13.2. The van der Waals surface area contributed by atoms with E-state index in [0.717, 1.165) is 161 Å². The number of unbranched alkanes of at least 4 members (excludes halogenated alkanes) is 17. The van der Waals surface area contributed by atoms with Crippen molar-refractivity contribution >= 4 is 23.9 Å². The Morgan fingerprint density at radius 2 is 0.779 bits per heavy atom. The number of aliphatic hydroxyl groups excluding tert-OH is 2. The van der Waals surface area contributed by atoms with Crippen molar-refractivity contribution in [2.24, 2.45) is 0 Å². The number of aliphatic hydroxyl groups is 2. The average molecular weight is 1080 g/mol. The molecule has 3 N–H and O–H groups in total. The lowest BCUT2D eigenvalue weighted by Gasteiger charge is -2.40. The number of carboxylic acid groups (broad SMARTS) is 1. The lowest BCUT2D eigenvalue weighted by molar-refractivity contribution is -0.301. The number of aliphatic carboxylic acids is 1. The van der Waals surface area contributed by atoms with Crippen molar-refractivity contribution in [3.05, 3.63) is 109 Å². The lowest BCUT2D eigenvalue weighted by atomic mass is 9.98. The third kappa shape index (κ3) is 42.1. The third-order valence-corrected chi connectivity index (χ3v) is 12.8. The van der Waals surface area contributed by atoms with E-state index in [2.05, 4.69) is 130 Å². The molecule has 6 unspecified atom stereocenters. The van der Waals surface area contributed by atoms with E-state index in [-0.39, 0.29) is 25.9 Å². The van der Waals surface area contributed by atoms with E-state index in [4.69, 9.17) is 23.7 Å². The van der Waals surface area contributed by atoms with E-state index in [0.29, 0.717) is 19.3 Å². The Balaban J connectivity index is 2.72. The molecule has 436 valence electrons. The van der Waals surface area contributed by atoms with Crippen LogP contribution in [0.4, 0.5) is 0 Å². The molecule has 1 heterocycles. The summed E-state index contributed by atoms with van der Waals surface area (Å²) in [6.45, 7) is 5.62. The number of hydrogen-bond donors (Lipinski definition) is 3. The summed E-state index contributed by atoms with van der Waals surface area (Å²) in [6.07, 6.45) is 57.6. The van der Waals surface area contributed by atoms with E-state index in [9.17, 15) is 34.5 Å². The van der Waals surface area contributed by atoms with Crippen LogP contribution in [0, 0.1) is 0 Å². The lowest BCUT2D eigenvalue weighted by Crippen LogP contribution is -2.61. The van der Waals surface area contributed by atoms with Gasteiger partial charge in [-0.2, -0.15) is 0 Å². The van der Waals surface area contributed by atoms with Crippen LogP contribution in [0.15, 0.2) is 109 Å². The first kappa shape index (κ1) is 70.4. The molecule has 0 spiro atoms. The molecule has 77 heavy (non-hydrogen) atoms. The van der Waals surface area contributed by atoms with Crippen molar-refractivity contribution in [2.75, 3.05) is 13.2 Å². The first-order valence-electron chi connectivity index (χ1n) is 29.9. The van der Waals surface area contributed by atoms with Crippen LogP contribution in [0.2, 0.25) is 0 Å². The zero-order valence-corrected chi connectivity index (χ0v) is 47.9. The quantitative estimate of drug-likeness (QED) is 0.0228. The van der Waals surface area contributed by atoms with Crippen LogP contribution in [0.25, 0.3) is 0 Å². The minimum Gasteiger partial charge on any atom is -0.479 e. The van der Waals surface area contributed by atoms with Gasteiger partial charge < -0.3 is 39.0 Å². The second-order valence-corrected chi connectivity index (χ2v) is 19.8. The van der Waals surface area contributed by atoms with E-state index in [1.165, 1.54) is 6.42 Å². The minimum atomic E-state index is -1.92. The molecule has 1 fully saturated rings. The highest BCUT2D eigenvalue weighted by Crippen LogP contribution is 2.26. The maximum absolute atomic E-state index is 13.2. The van der Waals surface area contributed by atoms with E-state index < -0.39 is 67.3 Å². The Morgan fingerprint density at radius 1 is 0.429 bits per heavy atom. The summed E-state index contributed by atoms with van der Waals surface area (Å²) in [5.74, 6) is -3.19. The summed E-state index contributed by atoms with van der Waals surface area (Å²) in [6, 6.07) is 0. The fourth-order valence-electron chi connectivity index (χ4n) is 8.35. The van der Waals surface area contributed by atoms with Gasteiger partial charge in [0.05, 0.1) is 6.61 Å². The van der Waals surface area contributed by atoms with Gasteiger partial charge in [0.1, 0.15) is 18.8 Å². The number of allylic oxidation sites excluding steroid dienone is 18.